The minimum absolute atomic E-state index is 0.569. The molecule has 0 aliphatic heterocycles. The van der Waals surface area contributed by atoms with Crippen molar-refractivity contribution in [2.75, 3.05) is 0 Å². The molecule has 0 saturated heterocycles. The van der Waals surface area contributed by atoms with Gasteiger partial charge in [0.05, 0.1) is 0 Å². The van der Waals surface area contributed by atoms with E-state index in [1.54, 1.807) is 11.8 Å². The Labute approximate surface area is 90.7 Å². The second-order valence-corrected chi connectivity index (χ2v) is 4.58. The lowest BCUT2D eigenvalue weighted by Crippen LogP contribution is -1.81. The third-order valence-corrected chi connectivity index (χ3v) is 2.72. The summed E-state index contributed by atoms with van der Waals surface area (Å²) in [6.45, 7) is 8.17. The molecule has 0 bridgehead atoms. The van der Waals surface area contributed by atoms with Gasteiger partial charge in [-0.05, 0) is 18.1 Å². The van der Waals surface area contributed by atoms with E-state index in [1.165, 1.54) is 9.80 Å². The number of allylic oxidation sites excluding steroid dienone is 2. The fourth-order valence-electron chi connectivity index (χ4n) is 1.10. The molecule has 0 unspecified atom stereocenters. The van der Waals surface area contributed by atoms with Crippen LogP contribution in [0.5, 0.6) is 0 Å². The fraction of sp³-hybridized carbons (Fsp3) is 0.231. The number of hydrogen-bond donors (Lipinski definition) is 0. The first kappa shape index (κ1) is 11.1. The van der Waals surface area contributed by atoms with Gasteiger partial charge in [0.15, 0.2) is 0 Å². The van der Waals surface area contributed by atoms with Gasteiger partial charge in [0.2, 0.25) is 0 Å². The van der Waals surface area contributed by atoms with Gasteiger partial charge in [-0.3, -0.25) is 0 Å². The largest absolute Gasteiger partial charge is 0.0980 e. The van der Waals surface area contributed by atoms with E-state index in [2.05, 4.69) is 50.8 Å². The van der Waals surface area contributed by atoms with Crippen molar-refractivity contribution in [2.45, 2.75) is 18.7 Å². The number of hydrogen-bond acceptors (Lipinski definition) is 1. The molecule has 0 aromatic heterocycles. The van der Waals surface area contributed by atoms with Gasteiger partial charge in [0.25, 0.3) is 0 Å². The van der Waals surface area contributed by atoms with Crippen molar-refractivity contribution >= 4 is 11.8 Å². The van der Waals surface area contributed by atoms with Gasteiger partial charge in [-0.15, -0.1) is 0 Å². The van der Waals surface area contributed by atoms with Crippen LogP contribution in [-0.4, -0.2) is 0 Å². The summed E-state index contributed by atoms with van der Waals surface area (Å²) in [4.78, 5) is 2.49. The Kier molecular flexibility index (Phi) is 4.54. The molecule has 0 amide bonds. The highest BCUT2D eigenvalue weighted by atomic mass is 32.2. The molecule has 1 aromatic rings. The maximum atomic E-state index is 3.82. The van der Waals surface area contributed by atoms with Crippen LogP contribution < -0.4 is 0 Å². The second kappa shape index (κ2) is 5.71. The Bertz CT molecular complexity index is 309. The lowest BCUT2D eigenvalue weighted by molar-refractivity contribution is 0.830. The molecule has 0 aliphatic carbocycles. The summed E-state index contributed by atoms with van der Waals surface area (Å²) in [6, 6.07) is 10.4. The smallest absolute Gasteiger partial charge is 0.0122 e. The highest BCUT2D eigenvalue weighted by Gasteiger charge is 1.97. The molecule has 0 nitrogen and oxygen atoms in total. The van der Waals surface area contributed by atoms with E-state index < -0.39 is 0 Å². The minimum atomic E-state index is 0.569. The molecule has 74 valence electrons. The Morgan fingerprint density at radius 3 is 2.43 bits per heavy atom. The van der Waals surface area contributed by atoms with Crippen molar-refractivity contribution in [1.29, 1.82) is 0 Å². The second-order valence-electron chi connectivity index (χ2n) is 3.43. The molecule has 1 heteroatoms. The molecule has 0 aliphatic rings. The average molecular weight is 204 g/mol. The lowest BCUT2D eigenvalue weighted by Gasteiger charge is -2.03. The van der Waals surface area contributed by atoms with Crippen LogP contribution in [0.4, 0.5) is 0 Å². The molecule has 0 atom stereocenters. The molecule has 0 saturated carbocycles. The third kappa shape index (κ3) is 3.84. The third-order valence-electron chi connectivity index (χ3n) is 1.68. The monoisotopic (exact) mass is 204 g/mol. The zero-order valence-electron chi connectivity index (χ0n) is 8.73. The first-order valence-electron chi connectivity index (χ1n) is 4.79. The van der Waals surface area contributed by atoms with Crippen LogP contribution in [0.1, 0.15) is 13.8 Å². The molecular weight excluding hydrogens is 188 g/mol. The fourth-order valence-corrected chi connectivity index (χ4v) is 2.09. The Morgan fingerprint density at radius 1 is 1.29 bits per heavy atom. The first-order valence-corrected chi connectivity index (χ1v) is 5.61. The van der Waals surface area contributed by atoms with Crippen molar-refractivity contribution in [1.82, 2.24) is 0 Å². The van der Waals surface area contributed by atoms with Crippen LogP contribution in [-0.2, 0) is 0 Å². The Balaban J connectivity index is 2.71. The van der Waals surface area contributed by atoms with Crippen molar-refractivity contribution in [3.05, 3.63) is 54.0 Å². The van der Waals surface area contributed by atoms with E-state index in [4.69, 9.17) is 0 Å². The Morgan fingerprint density at radius 2 is 1.93 bits per heavy atom. The molecular formula is C13H16S. The maximum absolute atomic E-state index is 3.82. The molecule has 0 fully saturated rings. The van der Waals surface area contributed by atoms with E-state index >= 15 is 0 Å². The minimum Gasteiger partial charge on any atom is -0.0980 e. The van der Waals surface area contributed by atoms with Gasteiger partial charge in [-0.2, -0.15) is 0 Å². The topological polar surface area (TPSA) is 0 Å². The number of thioether (sulfide) groups is 1. The summed E-state index contributed by atoms with van der Waals surface area (Å²) >= 11 is 1.76. The van der Waals surface area contributed by atoms with Crippen molar-refractivity contribution in [3.8, 4) is 0 Å². The summed E-state index contributed by atoms with van der Waals surface area (Å²) in [6.07, 6.45) is 4.14. The SMILES string of the molecule is C=C/C(=C/C(C)C)Sc1ccccc1. The molecule has 0 spiro atoms. The summed E-state index contributed by atoms with van der Waals surface area (Å²) < 4.78 is 0. The normalized spacial score (nSPS) is 11.8. The summed E-state index contributed by atoms with van der Waals surface area (Å²) in [5.74, 6) is 0.569. The molecule has 0 radical (unpaired) electrons. The highest BCUT2D eigenvalue weighted by molar-refractivity contribution is 8.03. The highest BCUT2D eigenvalue weighted by Crippen LogP contribution is 2.27. The zero-order valence-corrected chi connectivity index (χ0v) is 9.55. The van der Waals surface area contributed by atoms with E-state index in [0.29, 0.717) is 5.92 Å². The van der Waals surface area contributed by atoms with Crippen LogP contribution in [0.25, 0.3) is 0 Å². The van der Waals surface area contributed by atoms with Gasteiger partial charge >= 0.3 is 0 Å². The molecule has 0 heterocycles. The molecule has 0 N–H and O–H groups in total. The number of benzene rings is 1. The Hall–Kier alpha value is -0.950. The van der Waals surface area contributed by atoms with E-state index in [0.717, 1.165) is 0 Å². The van der Waals surface area contributed by atoms with E-state index in [9.17, 15) is 0 Å². The summed E-state index contributed by atoms with van der Waals surface area (Å²) in [7, 11) is 0. The molecule has 1 aromatic carbocycles. The summed E-state index contributed by atoms with van der Waals surface area (Å²) in [5.41, 5.74) is 0. The van der Waals surface area contributed by atoms with Gasteiger partial charge in [-0.1, -0.05) is 62.5 Å². The first-order chi connectivity index (χ1) is 6.72. The van der Waals surface area contributed by atoms with Crippen molar-refractivity contribution in [3.63, 3.8) is 0 Å². The van der Waals surface area contributed by atoms with Crippen molar-refractivity contribution < 1.29 is 0 Å². The quantitative estimate of drug-likeness (QED) is 0.514. The maximum Gasteiger partial charge on any atom is 0.0122 e. The predicted molar refractivity (Wildman–Crippen MR) is 65.4 cm³/mol. The van der Waals surface area contributed by atoms with Gasteiger partial charge in [0.1, 0.15) is 0 Å². The van der Waals surface area contributed by atoms with Crippen LogP contribution in [0.3, 0.4) is 0 Å². The lowest BCUT2D eigenvalue weighted by atomic mass is 10.2. The van der Waals surface area contributed by atoms with E-state index in [-0.39, 0.29) is 0 Å². The predicted octanol–water partition coefficient (Wildman–Crippen LogP) is 4.50. The van der Waals surface area contributed by atoms with Crippen LogP contribution in [0, 0.1) is 5.92 Å². The van der Waals surface area contributed by atoms with Gasteiger partial charge in [-0.25, -0.2) is 0 Å². The van der Waals surface area contributed by atoms with Gasteiger partial charge in [0, 0.05) is 9.80 Å². The number of rotatable bonds is 4. The van der Waals surface area contributed by atoms with Gasteiger partial charge < -0.3 is 0 Å². The zero-order chi connectivity index (χ0) is 10.4. The molecule has 14 heavy (non-hydrogen) atoms. The van der Waals surface area contributed by atoms with Crippen LogP contribution in [0.2, 0.25) is 0 Å². The summed E-state index contributed by atoms with van der Waals surface area (Å²) in [5, 5.41) is 0. The van der Waals surface area contributed by atoms with Crippen molar-refractivity contribution in [2.24, 2.45) is 5.92 Å². The average Bonchev–Trinajstić information content (AvgIpc) is 2.17. The standard InChI is InChI=1S/C13H16S/c1-4-12(10-11(2)3)14-13-8-6-5-7-9-13/h4-11H,1H2,2-3H3/b12-10-. The molecule has 1 rings (SSSR count). The van der Waals surface area contributed by atoms with Crippen LogP contribution >= 0.6 is 11.8 Å². The van der Waals surface area contributed by atoms with Crippen LogP contribution in [0.15, 0.2) is 58.9 Å². The van der Waals surface area contributed by atoms with E-state index in [1.807, 2.05) is 12.1 Å².